The van der Waals surface area contributed by atoms with Crippen LogP contribution in [0.2, 0.25) is 5.15 Å². The number of halogens is 1. The van der Waals surface area contributed by atoms with Gasteiger partial charge in [0.25, 0.3) is 11.6 Å². The second kappa shape index (κ2) is 6.27. The predicted octanol–water partition coefficient (Wildman–Crippen LogP) is 1.00. The van der Waals surface area contributed by atoms with Gasteiger partial charge in [0.2, 0.25) is 0 Å². The Hall–Kier alpha value is -1.73. The van der Waals surface area contributed by atoms with Gasteiger partial charge in [0.1, 0.15) is 11.3 Å². The molecular formula is C10H12ClN3O4. The number of amides is 1. The minimum atomic E-state index is -0.656. The molecule has 7 nitrogen and oxygen atoms in total. The number of nitro groups is 1. The summed E-state index contributed by atoms with van der Waals surface area (Å²) in [5, 5.41) is 21.8. The number of aromatic nitrogens is 1. The molecule has 8 heteroatoms. The molecule has 1 aromatic rings. The first-order valence-corrected chi connectivity index (χ1v) is 5.52. The highest BCUT2D eigenvalue weighted by molar-refractivity contribution is 6.32. The first-order chi connectivity index (χ1) is 8.45. The Morgan fingerprint density at radius 3 is 2.94 bits per heavy atom. The van der Waals surface area contributed by atoms with Crippen LogP contribution in [0, 0.1) is 16.0 Å². The third-order valence-corrected chi connectivity index (χ3v) is 2.50. The minimum Gasteiger partial charge on any atom is -0.396 e. The maximum Gasteiger partial charge on any atom is 0.288 e. The van der Waals surface area contributed by atoms with E-state index in [1.165, 1.54) is 0 Å². The van der Waals surface area contributed by atoms with Gasteiger partial charge >= 0.3 is 0 Å². The van der Waals surface area contributed by atoms with E-state index in [-0.39, 0.29) is 35.5 Å². The fourth-order valence-electron chi connectivity index (χ4n) is 1.12. The van der Waals surface area contributed by atoms with Gasteiger partial charge in [-0.05, 0) is 5.92 Å². The van der Waals surface area contributed by atoms with E-state index in [1.807, 2.05) is 0 Å². The average Bonchev–Trinajstić information content (AvgIpc) is 2.35. The van der Waals surface area contributed by atoms with Crippen LogP contribution in [0.15, 0.2) is 12.3 Å². The first kappa shape index (κ1) is 14.3. The lowest BCUT2D eigenvalue weighted by molar-refractivity contribution is -0.385. The molecule has 0 spiro atoms. The molecule has 0 aliphatic carbocycles. The van der Waals surface area contributed by atoms with Crippen molar-refractivity contribution in [2.75, 3.05) is 13.2 Å². The van der Waals surface area contributed by atoms with Gasteiger partial charge in [-0.25, -0.2) is 4.98 Å². The molecule has 0 aromatic carbocycles. The van der Waals surface area contributed by atoms with E-state index in [0.29, 0.717) is 0 Å². The van der Waals surface area contributed by atoms with Crippen molar-refractivity contribution in [2.24, 2.45) is 5.92 Å². The molecule has 1 rings (SSSR count). The van der Waals surface area contributed by atoms with Gasteiger partial charge in [-0.1, -0.05) is 18.5 Å². The Labute approximate surface area is 108 Å². The molecule has 2 N–H and O–H groups in total. The first-order valence-electron chi connectivity index (χ1n) is 5.14. The van der Waals surface area contributed by atoms with Crippen LogP contribution in [0.1, 0.15) is 17.3 Å². The Morgan fingerprint density at radius 1 is 1.72 bits per heavy atom. The number of hydrogen-bond donors (Lipinski definition) is 2. The molecule has 1 atom stereocenters. The average molecular weight is 274 g/mol. The van der Waals surface area contributed by atoms with Gasteiger partial charge in [-0.15, -0.1) is 0 Å². The summed E-state index contributed by atoms with van der Waals surface area (Å²) in [5.41, 5.74) is -0.365. The summed E-state index contributed by atoms with van der Waals surface area (Å²) in [6.45, 7) is 1.92. The molecule has 0 bridgehead atoms. The van der Waals surface area contributed by atoms with Crippen LogP contribution in [-0.4, -0.2) is 34.1 Å². The zero-order valence-corrected chi connectivity index (χ0v) is 10.3. The summed E-state index contributed by atoms with van der Waals surface area (Å²) in [7, 11) is 0. The third kappa shape index (κ3) is 3.64. The van der Waals surface area contributed by atoms with E-state index in [0.717, 1.165) is 12.3 Å². The topological polar surface area (TPSA) is 105 Å². The molecular weight excluding hydrogens is 262 g/mol. The number of hydrogen-bond acceptors (Lipinski definition) is 5. The van der Waals surface area contributed by atoms with Crippen molar-refractivity contribution >= 4 is 23.2 Å². The van der Waals surface area contributed by atoms with Crippen molar-refractivity contribution in [3.05, 3.63) is 33.1 Å². The number of carbonyl (C=O) groups excluding carboxylic acids is 1. The predicted molar refractivity (Wildman–Crippen MR) is 64.5 cm³/mol. The molecule has 0 saturated heterocycles. The fourth-order valence-corrected chi connectivity index (χ4v) is 1.31. The summed E-state index contributed by atoms with van der Waals surface area (Å²) in [6.07, 6.45) is 0.982. The van der Waals surface area contributed by atoms with Crippen LogP contribution in [-0.2, 0) is 0 Å². The number of pyridine rings is 1. The molecule has 1 unspecified atom stereocenters. The number of rotatable bonds is 5. The van der Waals surface area contributed by atoms with Gasteiger partial charge in [0, 0.05) is 19.2 Å². The monoisotopic (exact) mass is 273 g/mol. The van der Waals surface area contributed by atoms with Gasteiger partial charge in [0.05, 0.1) is 10.5 Å². The van der Waals surface area contributed by atoms with Gasteiger partial charge in [-0.2, -0.15) is 0 Å². The fraction of sp³-hybridized carbons (Fsp3) is 0.400. The van der Waals surface area contributed by atoms with Crippen LogP contribution >= 0.6 is 11.6 Å². The van der Waals surface area contributed by atoms with Crippen LogP contribution < -0.4 is 5.32 Å². The Morgan fingerprint density at radius 2 is 2.39 bits per heavy atom. The van der Waals surface area contributed by atoms with E-state index >= 15 is 0 Å². The van der Waals surface area contributed by atoms with E-state index in [4.69, 9.17) is 16.7 Å². The van der Waals surface area contributed by atoms with Crippen molar-refractivity contribution in [3.8, 4) is 0 Å². The molecule has 1 heterocycles. The largest absolute Gasteiger partial charge is 0.396 e. The maximum absolute atomic E-state index is 11.7. The number of nitrogens with zero attached hydrogens (tertiary/aromatic N) is 2. The molecule has 0 saturated carbocycles. The quantitative estimate of drug-likeness (QED) is 0.473. The Balaban J connectivity index is 2.84. The molecule has 1 aromatic heterocycles. The normalized spacial score (nSPS) is 11.9. The standard InChI is InChI=1S/C10H12ClN3O4/c1-6(5-15)3-13-10(16)8-2-7(14(17)18)4-12-9(8)11/h2,4,6,15H,3,5H2,1H3,(H,13,16). The highest BCUT2D eigenvalue weighted by Crippen LogP contribution is 2.18. The van der Waals surface area contributed by atoms with E-state index in [9.17, 15) is 14.9 Å². The SMILES string of the molecule is CC(CO)CNC(=O)c1cc([N+](=O)[O-])cnc1Cl. The lowest BCUT2D eigenvalue weighted by Crippen LogP contribution is -2.29. The summed E-state index contributed by atoms with van der Waals surface area (Å²) >= 11 is 5.70. The number of aliphatic hydroxyl groups is 1. The van der Waals surface area contributed by atoms with Gasteiger partial charge in [0.15, 0.2) is 0 Å². The Kier molecular flexibility index (Phi) is 4.99. The van der Waals surface area contributed by atoms with Crippen molar-refractivity contribution < 1.29 is 14.8 Å². The number of aliphatic hydroxyl groups excluding tert-OH is 1. The third-order valence-electron chi connectivity index (χ3n) is 2.20. The molecule has 0 fully saturated rings. The summed E-state index contributed by atoms with van der Waals surface area (Å²) in [4.78, 5) is 25.2. The van der Waals surface area contributed by atoms with Crippen molar-refractivity contribution in [3.63, 3.8) is 0 Å². The lowest BCUT2D eigenvalue weighted by Gasteiger charge is -2.09. The molecule has 0 aliphatic heterocycles. The van der Waals surface area contributed by atoms with Crippen LogP contribution in [0.5, 0.6) is 0 Å². The zero-order chi connectivity index (χ0) is 13.7. The van der Waals surface area contributed by atoms with E-state index in [1.54, 1.807) is 6.92 Å². The minimum absolute atomic E-state index is 0.0593. The Bertz CT molecular complexity index is 466. The molecule has 18 heavy (non-hydrogen) atoms. The van der Waals surface area contributed by atoms with E-state index < -0.39 is 10.8 Å². The highest BCUT2D eigenvalue weighted by Gasteiger charge is 2.17. The van der Waals surface area contributed by atoms with Crippen molar-refractivity contribution in [2.45, 2.75) is 6.92 Å². The summed E-state index contributed by atoms with van der Waals surface area (Å²) in [6, 6.07) is 1.06. The van der Waals surface area contributed by atoms with E-state index in [2.05, 4.69) is 10.3 Å². The molecule has 0 aliphatic rings. The second-order valence-electron chi connectivity index (χ2n) is 3.79. The van der Waals surface area contributed by atoms with Crippen molar-refractivity contribution in [1.82, 2.24) is 10.3 Å². The molecule has 0 radical (unpaired) electrons. The molecule has 1 amide bonds. The number of nitrogens with one attached hydrogen (secondary N) is 1. The summed E-state index contributed by atoms with van der Waals surface area (Å²) in [5.74, 6) is -0.670. The zero-order valence-electron chi connectivity index (χ0n) is 9.59. The van der Waals surface area contributed by atoms with Gasteiger partial charge < -0.3 is 10.4 Å². The summed E-state index contributed by atoms with van der Waals surface area (Å²) < 4.78 is 0. The highest BCUT2D eigenvalue weighted by atomic mass is 35.5. The van der Waals surface area contributed by atoms with Crippen LogP contribution in [0.4, 0.5) is 5.69 Å². The second-order valence-corrected chi connectivity index (χ2v) is 4.14. The lowest BCUT2D eigenvalue weighted by atomic mass is 10.2. The molecule has 98 valence electrons. The smallest absolute Gasteiger partial charge is 0.288 e. The van der Waals surface area contributed by atoms with Crippen molar-refractivity contribution in [1.29, 1.82) is 0 Å². The number of carbonyl (C=O) groups is 1. The van der Waals surface area contributed by atoms with Crippen LogP contribution in [0.3, 0.4) is 0 Å². The van der Waals surface area contributed by atoms with Crippen LogP contribution in [0.25, 0.3) is 0 Å². The maximum atomic E-state index is 11.7. The van der Waals surface area contributed by atoms with Gasteiger partial charge in [-0.3, -0.25) is 14.9 Å².